The monoisotopic (exact) mass is 1040 g/mol. The third-order valence-electron chi connectivity index (χ3n) is 12.5. The second-order valence-electron chi connectivity index (χ2n) is 20.3. The van der Waals surface area contributed by atoms with E-state index >= 15 is 0 Å². The van der Waals surface area contributed by atoms with E-state index in [1.807, 2.05) is 27.7 Å². The number of aliphatic carboxylic acids is 2. The van der Waals surface area contributed by atoms with E-state index in [0.29, 0.717) is 51.7 Å². The van der Waals surface area contributed by atoms with Crippen molar-refractivity contribution < 1.29 is 72.3 Å². The first-order valence-corrected chi connectivity index (χ1v) is 27.6. The lowest BCUT2D eigenvalue weighted by Gasteiger charge is -2.22. The molecule has 422 valence electrons. The summed E-state index contributed by atoms with van der Waals surface area (Å²) in [5, 5.41) is 26.3. The molecule has 18 heteroatoms. The largest absolute Gasteiger partial charge is 0.481 e. The fourth-order valence-electron chi connectivity index (χ4n) is 7.90. The average Bonchev–Trinajstić information content (AvgIpc) is 3.34. The summed E-state index contributed by atoms with van der Waals surface area (Å²) >= 11 is 0. The summed E-state index contributed by atoms with van der Waals surface area (Å²) in [7, 11) is 0. The Hall–Kier alpha value is -4.13. The van der Waals surface area contributed by atoms with Crippen molar-refractivity contribution in [2.24, 2.45) is 17.3 Å². The Morgan fingerprint density at radius 3 is 1.55 bits per heavy atom. The van der Waals surface area contributed by atoms with Crippen molar-refractivity contribution in [3.8, 4) is 0 Å². The van der Waals surface area contributed by atoms with E-state index in [1.54, 1.807) is 0 Å². The topological polar surface area (TPSA) is 267 Å². The molecule has 3 amide bonds. The van der Waals surface area contributed by atoms with Gasteiger partial charge in [-0.25, -0.2) is 4.79 Å². The van der Waals surface area contributed by atoms with Gasteiger partial charge in [0.05, 0.1) is 33.0 Å². The summed E-state index contributed by atoms with van der Waals surface area (Å²) < 4.78 is 21.6. The summed E-state index contributed by atoms with van der Waals surface area (Å²) in [5.74, 6) is -3.72. The molecule has 73 heavy (non-hydrogen) atoms. The summed E-state index contributed by atoms with van der Waals surface area (Å²) in [5.41, 5.74) is -0.560. The van der Waals surface area contributed by atoms with Gasteiger partial charge in [-0.3, -0.25) is 33.6 Å². The van der Waals surface area contributed by atoms with Gasteiger partial charge in [-0.1, -0.05) is 124 Å². The Bertz CT molecular complexity index is 1540. The molecule has 0 saturated heterocycles. The summed E-state index contributed by atoms with van der Waals surface area (Å²) in [6.45, 7) is 9.23. The van der Waals surface area contributed by atoms with Crippen LogP contribution in [0.15, 0.2) is 0 Å². The van der Waals surface area contributed by atoms with Crippen molar-refractivity contribution in [1.82, 2.24) is 16.0 Å². The van der Waals surface area contributed by atoms with Crippen LogP contribution in [0.4, 0.5) is 0 Å². The molecule has 0 heterocycles. The number of amides is 3. The van der Waals surface area contributed by atoms with Crippen LogP contribution in [0.1, 0.15) is 207 Å². The molecule has 0 rings (SSSR count). The fourth-order valence-corrected chi connectivity index (χ4v) is 7.90. The van der Waals surface area contributed by atoms with Gasteiger partial charge in [-0.15, -0.1) is 0 Å². The minimum Gasteiger partial charge on any atom is -0.481 e. The number of hydrogen-bond donors (Lipinski definition) is 5. The Morgan fingerprint density at radius 2 is 1.03 bits per heavy atom. The van der Waals surface area contributed by atoms with Crippen molar-refractivity contribution in [1.29, 1.82) is 0 Å². The van der Waals surface area contributed by atoms with Gasteiger partial charge in [0.25, 0.3) is 0 Å². The van der Waals surface area contributed by atoms with Crippen molar-refractivity contribution in [2.75, 3.05) is 65.9 Å². The highest BCUT2D eigenvalue weighted by molar-refractivity contribution is 5.91. The lowest BCUT2D eigenvalue weighted by atomic mass is 9.80. The Labute approximate surface area is 437 Å². The molecule has 0 aromatic carbocycles. The summed E-state index contributed by atoms with van der Waals surface area (Å²) in [4.78, 5) is 109. The third-order valence-corrected chi connectivity index (χ3v) is 12.5. The van der Waals surface area contributed by atoms with Gasteiger partial charge in [0.15, 0.2) is 0 Å². The number of carboxylic acids is 2. The minimum absolute atomic E-state index is 0.0146. The number of ether oxygens (including phenoxy) is 4. The number of ketones is 3. The van der Waals surface area contributed by atoms with E-state index in [1.165, 1.54) is 44.9 Å². The molecule has 0 aliphatic carbocycles. The highest BCUT2D eigenvalue weighted by atomic mass is 16.5. The predicted molar refractivity (Wildman–Crippen MR) is 279 cm³/mol. The molecule has 5 N–H and O–H groups in total. The standard InChI is InChI=1S/C55H97N3O15/c1-5-6-24-44(41-59)39-48(61)45(40-49(62)55(2,3)4)25-21-22-31-56-51(64)42-73-38-36-71-34-32-57-52(65)43-72-37-35-70-33-23-26-46(60)29-30-47(54(68)69)58-50(63)27-19-17-15-13-11-9-7-8-10-12-14-16-18-20-28-53(66)67/h41,44-45,47H,5-40,42-43H2,1-4H3,(H,56,64)(H,57,65)(H,58,63)(H,66,67)(H,68,69)/t44-,45-,47?/m1/s1. The molecule has 0 saturated carbocycles. The van der Waals surface area contributed by atoms with Crippen LogP contribution in [0.5, 0.6) is 0 Å². The van der Waals surface area contributed by atoms with Crippen molar-refractivity contribution in [3.63, 3.8) is 0 Å². The SMILES string of the molecule is CCCC[C@@H](C=O)CC(=O)[C@H](CCCCNC(=O)COCCOCCNC(=O)COCCOCCCC(=O)CCC(NC(=O)CCCCCCCCCCCCCCCCC(=O)O)C(=O)O)CC(=O)C(C)(C)C. The van der Waals surface area contributed by atoms with Crippen LogP contribution in [0.3, 0.4) is 0 Å². The van der Waals surface area contributed by atoms with Crippen LogP contribution in [0, 0.1) is 17.3 Å². The number of rotatable bonds is 53. The summed E-state index contributed by atoms with van der Waals surface area (Å²) in [6.07, 6.45) is 21.7. The smallest absolute Gasteiger partial charge is 0.326 e. The maximum Gasteiger partial charge on any atom is 0.326 e. The number of carbonyl (C=O) groups is 9. The Morgan fingerprint density at radius 1 is 0.507 bits per heavy atom. The number of carbonyl (C=O) groups excluding carboxylic acids is 7. The molecule has 0 spiro atoms. The molecule has 0 aromatic heterocycles. The minimum atomic E-state index is -1.16. The number of unbranched alkanes of at least 4 members (excludes halogenated alkanes) is 15. The van der Waals surface area contributed by atoms with Crippen molar-refractivity contribution >= 4 is 53.3 Å². The van der Waals surface area contributed by atoms with E-state index in [0.717, 1.165) is 57.7 Å². The number of hydrogen-bond acceptors (Lipinski definition) is 13. The number of nitrogens with one attached hydrogen (secondary N) is 3. The highest BCUT2D eigenvalue weighted by Gasteiger charge is 2.29. The molecule has 0 aliphatic heterocycles. The van der Waals surface area contributed by atoms with E-state index in [9.17, 15) is 48.3 Å². The third kappa shape index (κ3) is 43.9. The van der Waals surface area contributed by atoms with Gasteiger partial charge < -0.3 is 49.9 Å². The van der Waals surface area contributed by atoms with Crippen LogP contribution < -0.4 is 16.0 Å². The quantitative estimate of drug-likeness (QED) is 0.0285. The number of aldehydes is 1. The van der Waals surface area contributed by atoms with Gasteiger partial charge in [0.1, 0.15) is 42.9 Å². The maximum absolute atomic E-state index is 13.1. The molecule has 0 fully saturated rings. The molecule has 1 unspecified atom stereocenters. The average molecular weight is 1040 g/mol. The first-order valence-electron chi connectivity index (χ1n) is 27.6. The van der Waals surface area contributed by atoms with Crippen LogP contribution in [-0.4, -0.2) is 135 Å². The van der Waals surface area contributed by atoms with Gasteiger partial charge in [-0.2, -0.15) is 0 Å². The van der Waals surface area contributed by atoms with E-state index in [-0.39, 0.29) is 139 Å². The normalized spacial score (nSPS) is 12.7. The van der Waals surface area contributed by atoms with Gasteiger partial charge in [0.2, 0.25) is 17.7 Å². The lowest BCUT2D eigenvalue weighted by molar-refractivity contribution is -0.142. The fraction of sp³-hybridized carbons (Fsp3) is 0.836. The zero-order valence-electron chi connectivity index (χ0n) is 45.4. The van der Waals surface area contributed by atoms with Gasteiger partial charge >= 0.3 is 11.9 Å². The molecule has 18 nitrogen and oxygen atoms in total. The summed E-state index contributed by atoms with van der Waals surface area (Å²) in [6, 6.07) is -1.11. The van der Waals surface area contributed by atoms with E-state index in [4.69, 9.17) is 24.1 Å². The van der Waals surface area contributed by atoms with Crippen molar-refractivity contribution in [3.05, 3.63) is 0 Å². The molecule has 0 bridgehead atoms. The molecule has 0 aromatic rings. The maximum atomic E-state index is 13.1. The Balaban J connectivity index is 3.87. The predicted octanol–water partition coefficient (Wildman–Crippen LogP) is 8.07. The number of Topliss-reactive ketones (excluding diaryl/α,β-unsaturated/α-hetero) is 3. The van der Waals surface area contributed by atoms with Gasteiger partial charge in [-0.05, 0) is 44.9 Å². The van der Waals surface area contributed by atoms with Crippen LogP contribution >= 0.6 is 0 Å². The zero-order chi connectivity index (χ0) is 54.4. The lowest BCUT2D eigenvalue weighted by Crippen LogP contribution is -2.41. The van der Waals surface area contributed by atoms with Crippen LogP contribution in [0.2, 0.25) is 0 Å². The number of carboxylic acid groups (broad SMARTS) is 2. The van der Waals surface area contributed by atoms with Crippen LogP contribution in [-0.2, 0) is 62.1 Å². The second-order valence-corrected chi connectivity index (χ2v) is 20.3. The first-order chi connectivity index (χ1) is 35.0. The Kier molecular flexibility index (Phi) is 43.8. The highest BCUT2D eigenvalue weighted by Crippen LogP contribution is 2.26. The van der Waals surface area contributed by atoms with Gasteiger partial charge in [0, 0.05) is 75.5 Å². The molecular weight excluding hydrogens is 943 g/mol. The van der Waals surface area contributed by atoms with E-state index in [2.05, 4.69) is 16.0 Å². The molecule has 0 aliphatic rings. The van der Waals surface area contributed by atoms with Crippen LogP contribution in [0.25, 0.3) is 0 Å². The van der Waals surface area contributed by atoms with E-state index < -0.39 is 29.3 Å². The molecule has 0 radical (unpaired) electrons. The zero-order valence-corrected chi connectivity index (χ0v) is 45.4. The second kappa shape index (κ2) is 46.4. The van der Waals surface area contributed by atoms with Crippen molar-refractivity contribution in [2.45, 2.75) is 214 Å². The molecular formula is C55H97N3O15. The molecule has 3 atom stereocenters. The first kappa shape index (κ1) is 68.9.